The van der Waals surface area contributed by atoms with Gasteiger partial charge in [0.2, 0.25) is 0 Å². The van der Waals surface area contributed by atoms with E-state index in [1.54, 1.807) is 47.9 Å². The molecule has 0 saturated heterocycles. The first-order valence-corrected chi connectivity index (χ1v) is 13.2. The molecule has 0 fully saturated rings. The van der Waals surface area contributed by atoms with E-state index in [0.717, 1.165) is 6.42 Å². The molecule has 0 aromatic heterocycles. The highest BCUT2D eigenvalue weighted by atomic mass is 16.5. The number of benzene rings is 2. The van der Waals surface area contributed by atoms with Crippen LogP contribution in [0.3, 0.4) is 0 Å². The maximum absolute atomic E-state index is 11.9. The van der Waals surface area contributed by atoms with Crippen molar-refractivity contribution in [3.8, 4) is 23.0 Å². The quantitative estimate of drug-likeness (QED) is 0.164. The standard InChI is InChI=1S/C28H41N3O8/c1-3-38-27-20(9-7-12-23(27)32)15-30(18-25(34)35)17-22(11-5-6-14-29)31(19-26(36)37)16-21-10-8-13-24(33)28(21)39-4-2/h7-10,12-13,22,32-33H,3-6,11,14-19,29H2,1-2H3,(H,34,35)(H,36,37). The van der Waals surface area contributed by atoms with Crippen LogP contribution >= 0.6 is 0 Å². The molecule has 11 nitrogen and oxygen atoms in total. The first-order valence-electron chi connectivity index (χ1n) is 13.2. The topological polar surface area (TPSA) is 166 Å². The van der Waals surface area contributed by atoms with Gasteiger partial charge in [-0.3, -0.25) is 19.4 Å². The van der Waals surface area contributed by atoms with Crippen molar-refractivity contribution >= 4 is 11.9 Å². The zero-order valence-corrected chi connectivity index (χ0v) is 22.7. The van der Waals surface area contributed by atoms with E-state index in [-0.39, 0.29) is 50.3 Å². The third kappa shape index (κ3) is 10.3. The molecule has 216 valence electrons. The summed E-state index contributed by atoms with van der Waals surface area (Å²) in [5.74, 6) is -1.56. The number of carbonyl (C=O) groups is 2. The fraction of sp³-hybridized carbons (Fsp3) is 0.500. The highest BCUT2D eigenvalue weighted by molar-refractivity contribution is 5.69. The van der Waals surface area contributed by atoms with Gasteiger partial charge in [0.1, 0.15) is 0 Å². The summed E-state index contributed by atoms with van der Waals surface area (Å²) in [5, 5.41) is 40.1. The number of unbranched alkanes of at least 4 members (excludes halogenated alkanes) is 1. The number of hydrogen-bond donors (Lipinski definition) is 5. The first kappa shape index (κ1) is 31.7. The molecule has 0 heterocycles. The summed E-state index contributed by atoms with van der Waals surface area (Å²) < 4.78 is 11.3. The van der Waals surface area contributed by atoms with Gasteiger partial charge in [-0.25, -0.2) is 0 Å². The van der Waals surface area contributed by atoms with Crippen LogP contribution in [0.1, 0.15) is 44.2 Å². The average Bonchev–Trinajstić information content (AvgIpc) is 2.86. The second-order valence-corrected chi connectivity index (χ2v) is 9.20. The predicted molar refractivity (Wildman–Crippen MR) is 146 cm³/mol. The number of hydrogen-bond acceptors (Lipinski definition) is 9. The second-order valence-electron chi connectivity index (χ2n) is 9.20. The molecular formula is C28H41N3O8. The van der Waals surface area contributed by atoms with Crippen LogP contribution in [0.4, 0.5) is 0 Å². The number of phenolic OH excluding ortho intramolecular Hbond substituents is 2. The van der Waals surface area contributed by atoms with Gasteiger partial charge >= 0.3 is 11.9 Å². The third-order valence-electron chi connectivity index (χ3n) is 6.17. The molecule has 0 bridgehead atoms. The number of aliphatic carboxylic acids is 2. The molecule has 11 heteroatoms. The average molecular weight is 548 g/mol. The van der Waals surface area contributed by atoms with E-state index in [0.29, 0.717) is 55.2 Å². The maximum atomic E-state index is 11.9. The van der Waals surface area contributed by atoms with Gasteiger partial charge in [0.15, 0.2) is 23.0 Å². The number of nitrogens with zero attached hydrogens (tertiary/aromatic N) is 2. The van der Waals surface area contributed by atoms with E-state index in [2.05, 4.69) is 0 Å². The van der Waals surface area contributed by atoms with Gasteiger partial charge in [-0.1, -0.05) is 30.7 Å². The largest absolute Gasteiger partial charge is 0.504 e. The summed E-state index contributed by atoms with van der Waals surface area (Å²) in [6.07, 6.45) is 2.02. The Labute approximate surface area is 229 Å². The molecule has 39 heavy (non-hydrogen) atoms. The molecule has 6 N–H and O–H groups in total. The Bertz CT molecular complexity index is 1070. The lowest BCUT2D eigenvalue weighted by atomic mass is 10.0. The summed E-state index contributed by atoms with van der Waals surface area (Å²) in [6, 6.07) is 9.52. The van der Waals surface area contributed by atoms with E-state index < -0.39 is 11.9 Å². The van der Waals surface area contributed by atoms with Crippen molar-refractivity contribution in [3.63, 3.8) is 0 Å². The summed E-state index contributed by atoms with van der Waals surface area (Å²) in [7, 11) is 0. The van der Waals surface area contributed by atoms with Crippen molar-refractivity contribution in [2.75, 3.05) is 39.4 Å². The summed E-state index contributed by atoms with van der Waals surface area (Å²) in [5.41, 5.74) is 6.96. The molecule has 0 aliphatic rings. The lowest BCUT2D eigenvalue weighted by Gasteiger charge is -2.35. The highest BCUT2D eigenvalue weighted by Gasteiger charge is 2.27. The van der Waals surface area contributed by atoms with Crippen molar-refractivity contribution < 1.29 is 39.5 Å². The molecule has 2 aromatic rings. The van der Waals surface area contributed by atoms with Crippen molar-refractivity contribution in [2.24, 2.45) is 5.73 Å². The lowest BCUT2D eigenvalue weighted by Crippen LogP contribution is -2.46. The smallest absolute Gasteiger partial charge is 0.317 e. The summed E-state index contributed by atoms with van der Waals surface area (Å²) >= 11 is 0. The van der Waals surface area contributed by atoms with Crippen LogP contribution in [0.2, 0.25) is 0 Å². The van der Waals surface area contributed by atoms with Crippen LogP contribution in [0, 0.1) is 0 Å². The van der Waals surface area contributed by atoms with E-state index >= 15 is 0 Å². The normalized spacial score (nSPS) is 12.0. The van der Waals surface area contributed by atoms with Crippen molar-refractivity contribution in [1.29, 1.82) is 0 Å². The number of carboxylic acid groups (broad SMARTS) is 2. The van der Waals surface area contributed by atoms with Crippen molar-refractivity contribution in [2.45, 2.75) is 52.2 Å². The zero-order chi connectivity index (χ0) is 28.8. The number of ether oxygens (including phenoxy) is 2. The van der Waals surface area contributed by atoms with E-state index in [1.807, 2.05) is 0 Å². The summed E-state index contributed by atoms with van der Waals surface area (Å²) in [4.78, 5) is 27.2. The van der Waals surface area contributed by atoms with E-state index in [4.69, 9.17) is 15.2 Å². The Balaban J connectivity index is 2.44. The number of para-hydroxylation sites is 2. The van der Waals surface area contributed by atoms with Crippen molar-refractivity contribution in [1.82, 2.24) is 9.80 Å². The van der Waals surface area contributed by atoms with Crippen LogP contribution in [-0.4, -0.2) is 87.6 Å². The molecule has 0 spiro atoms. The Morgan fingerprint density at radius 3 is 1.87 bits per heavy atom. The van der Waals surface area contributed by atoms with Crippen LogP contribution in [-0.2, 0) is 22.7 Å². The molecular weight excluding hydrogens is 506 g/mol. The number of rotatable bonds is 19. The number of nitrogens with two attached hydrogens (primary N) is 1. The van der Waals surface area contributed by atoms with Gasteiger partial charge in [-0.05, 0) is 45.4 Å². The third-order valence-corrected chi connectivity index (χ3v) is 6.17. The Morgan fingerprint density at radius 2 is 1.38 bits per heavy atom. The molecule has 2 rings (SSSR count). The molecule has 0 saturated carbocycles. The van der Waals surface area contributed by atoms with Crippen LogP contribution < -0.4 is 15.2 Å². The first-order chi connectivity index (χ1) is 18.7. The second kappa shape index (κ2) is 16.4. The van der Waals surface area contributed by atoms with Gasteiger partial charge in [0.05, 0.1) is 26.3 Å². The van der Waals surface area contributed by atoms with Crippen molar-refractivity contribution in [3.05, 3.63) is 47.5 Å². The Morgan fingerprint density at radius 1 is 0.846 bits per heavy atom. The number of phenols is 2. The molecule has 2 aromatic carbocycles. The SMILES string of the molecule is CCOc1c(O)cccc1CN(CC(=O)O)CC(CCCCN)N(CC(=O)O)Cc1cccc(O)c1OCC. The molecule has 0 aliphatic heterocycles. The van der Waals surface area contributed by atoms with Gasteiger partial charge in [-0.15, -0.1) is 0 Å². The Kier molecular flexibility index (Phi) is 13.3. The maximum Gasteiger partial charge on any atom is 0.317 e. The van der Waals surface area contributed by atoms with E-state index in [1.165, 1.54) is 12.1 Å². The minimum Gasteiger partial charge on any atom is -0.504 e. The minimum atomic E-state index is -1.04. The highest BCUT2D eigenvalue weighted by Crippen LogP contribution is 2.33. The number of aromatic hydroxyl groups is 2. The van der Waals surface area contributed by atoms with Gasteiger partial charge < -0.3 is 35.6 Å². The van der Waals surface area contributed by atoms with Gasteiger partial charge in [-0.2, -0.15) is 0 Å². The molecule has 0 radical (unpaired) electrons. The lowest BCUT2D eigenvalue weighted by molar-refractivity contribution is -0.141. The summed E-state index contributed by atoms with van der Waals surface area (Å²) in [6.45, 7) is 4.67. The fourth-order valence-electron chi connectivity index (χ4n) is 4.55. The number of carboxylic acids is 2. The Hall–Kier alpha value is -3.54. The van der Waals surface area contributed by atoms with Gasteiger partial charge in [0, 0.05) is 36.8 Å². The minimum absolute atomic E-state index is 0.0378. The monoisotopic (exact) mass is 547 g/mol. The molecule has 1 unspecified atom stereocenters. The molecule has 0 amide bonds. The fourth-order valence-corrected chi connectivity index (χ4v) is 4.55. The molecule has 0 aliphatic carbocycles. The van der Waals surface area contributed by atoms with Crippen LogP contribution in [0.5, 0.6) is 23.0 Å². The molecule has 1 atom stereocenters. The van der Waals surface area contributed by atoms with Crippen LogP contribution in [0.25, 0.3) is 0 Å². The zero-order valence-electron chi connectivity index (χ0n) is 22.7. The van der Waals surface area contributed by atoms with E-state index in [9.17, 15) is 30.0 Å². The van der Waals surface area contributed by atoms with Crippen LogP contribution in [0.15, 0.2) is 36.4 Å². The predicted octanol–water partition coefficient (Wildman–Crippen LogP) is 2.87. The van der Waals surface area contributed by atoms with Gasteiger partial charge in [0.25, 0.3) is 0 Å².